The Hall–Kier alpha value is -5.90. The smallest absolute Gasteiger partial charge is 0.426 e. The summed E-state index contributed by atoms with van der Waals surface area (Å²) in [5.74, 6) is -6.88. The highest BCUT2D eigenvalue weighted by Gasteiger charge is 2.39. The van der Waals surface area contributed by atoms with Gasteiger partial charge >= 0.3 is 7.12 Å². The van der Waals surface area contributed by atoms with Crippen molar-refractivity contribution in [3.05, 3.63) is 59.7 Å². The van der Waals surface area contributed by atoms with E-state index in [1.807, 2.05) is 12.1 Å². The van der Waals surface area contributed by atoms with Gasteiger partial charge in [-0.2, -0.15) is 0 Å². The van der Waals surface area contributed by atoms with Crippen LogP contribution in [0.3, 0.4) is 0 Å². The average molecular weight is 853 g/mol. The molecule has 2 aromatic carbocycles. The molecule has 0 spiro atoms. The van der Waals surface area contributed by atoms with Crippen molar-refractivity contribution in [1.29, 1.82) is 0 Å². The number of aryl methyl sites for hydroxylation is 1. The number of aliphatic hydroxyl groups is 2. The van der Waals surface area contributed by atoms with Crippen LogP contribution in [0.25, 0.3) is 11.1 Å². The van der Waals surface area contributed by atoms with Crippen LogP contribution in [-0.2, 0) is 40.0 Å². The summed E-state index contributed by atoms with van der Waals surface area (Å²) in [4.78, 5) is 104. The van der Waals surface area contributed by atoms with Crippen molar-refractivity contribution in [1.82, 2.24) is 36.8 Å². The van der Waals surface area contributed by atoms with Gasteiger partial charge < -0.3 is 62.8 Å². The van der Waals surface area contributed by atoms with E-state index in [1.54, 1.807) is 24.3 Å². The van der Waals surface area contributed by atoms with E-state index in [-0.39, 0.29) is 18.5 Å². The second-order valence-corrected chi connectivity index (χ2v) is 14.9. The minimum atomic E-state index is -1.91. The molecular formula is C40H57BN8O12. The molecule has 0 bridgehead atoms. The predicted octanol–water partition coefficient (Wildman–Crippen LogP) is -2.86. The summed E-state index contributed by atoms with van der Waals surface area (Å²) in [6.07, 6.45) is 0.975. The molecule has 7 atom stereocenters. The molecular weight excluding hydrogens is 795 g/mol. The van der Waals surface area contributed by atoms with Gasteiger partial charge in [0, 0.05) is 12.1 Å². The minimum Gasteiger partial charge on any atom is -0.426 e. The maximum atomic E-state index is 13.5. The fraction of sp³-hybridized carbons (Fsp3) is 0.500. The van der Waals surface area contributed by atoms with Crippen LogP contribution >= 0.6 is 0 Å². The van der Waals surface area contributed by atoms with Gasteiger partial charge in [0.05, 0.1) is 25.6 Å². The van der Waals surface area contributed by atoms with Crippen LogP contribution in [0.1, 0.15) is 75.7 Å². The summed E-state index contributed by atoms with van der Waals surface area (Å²) in [7, 11) is -1.91. The first-order valence-corrected chi connectivity index (χ1v) is 20.1. The third-order valence-electron chi connectivity index (χ3n) is 9.94. The number of unbranched alkanes of at least 4 members (excludes halogenated alkanes) is 1. The number of carbonyl (C=O) groups excluding carboxylic acids is 8. The Bertz CT molecular complexity index is 1860. The number of aliphatic hydroxyl groups excluding tert-OH is 2. The number of hydrogen-bond donors (Lipinski definition) is 11. The number of carbonyl (C=O) groups is 8. The van der Waals surface area contributed by atoms with Crippen molar-refractivity contribution in [2.75, 3.05) is 19.6 Å². The molecule has 12 N–H and O–H groups in total. The zero-order valence-corrected chi connectivity index (χ0v) is 34.7. The highest BCUT2D eigenvalue weighted by Crippen LogP contribution is 2.22. The van der Waals surface area contributed by atoms with Gasteiger partial charge in [-0.15, -0.1) is 0 Å². The van der Waals surface area contributed by atoms with Crippen molar-refractivity contribution >= 4 is 54.4 Å². The molecule has 2 aromatic rings. The van der Waals surface area contributed by atoms with E-state index in [1.165, 1.54) is 31.2 Å². The van der Waals surface area contributed by atoms with Crippen LogP contribution in [0.15, 0.2) is 48.5 Å². The highest BCUT2D eigenvalue weighted by atomic mass is 16.4. The Labute approximate surface area is 353 Å². The van der Waals surface area contributed by atoms with Gasteiger partial charge in [-0.25, -0.2) is 0 Å². The maximum absolute atomic E-state index is 13.5. The number of primary amides is 1. The maximum Gasteiger partial charge on any atom is 0.472 e. The number of amides is 8. The number of nitrogens with zero attached hydrogens (tertiary/aromatic N) is 1. The largest absolute Gasteiger partial charge is 0.472 e. The molecule has 1 aliphatic heterocycles. The molecule has 0 saturated carbocycles. The fourth-order valence-corrected chi connectivity index (χ4v) is 6.47. The lowest BCUT2D eigenvalue weighted by Gasteiger charge is -2.30. The molecule has 8 amide bonds. The van der Waals surface area contributed by atoms with Gasteiger partial charge in [-0.3, -0.25) is 38.4 Å². The second-order valence-electron chi connectivity index (χ2n) is 14.9. The summed E-state index contributed by atoms with van der Waals surface area (Å²) in [6.45, 7) is 5.25. The molecule has 0 aliphatic carbocycles. The quantitative estimate of drug-likeness (QED) is 0.0534. The number of benzene rings is 2. The topological polar surface area (TPSA) is 319 Å². The van der Waals surface area contributed by atoms with Crippen LogP contribution < -0.4 is 37.6 Å². The zero-order chi connectivity index (χ0) is 45.4. The summed E-state index contributed by atoms with van der Waals surface area (Å²) >= 11 is 0. The molecule has 21 heteroatoms. The van der Waals surface area contributed by atoms with Gasteiger partial charge in [0.1, 0.15) is 36.3 Å². The highest BCUT2D eigenvalue weighted by molar-refractivity contribution is 6.41. The summed E-state index contributed by atoms with van der Waals surface area (Å²) in [6, 6.07) is 6.59. The first-order chi connectivity index (χ1) is 28.9. The van der Waals surface area contributed by atoms with E-state index in [9.17, 15) is 48.6 Å². The van der Waals surface area contributed by atoms with Crippen LogP contribution in [0.4, 0.5) is 0 Å². The van der Waals surface area contributed by atoms with E-state index in [0.29, 0.717) is 6.42 Å². The van der Waals surface area contributed by atoms with E-state index in [0.717, 1.165) is 30.4 Å². The van der Waals surface area contributed by atoms with Crippen LogP contribution in [0, 0.1) is 0 Å². The lowest BCUT2D eigenvalue weighted by molar-refractivity contribution is -0.142. The number of likely N-dealkylation sites (tertiary alicyclic amines) is 1. The standard InChI is InChI=1S/C40H57BN8O12/c1-5-6-8-25-10-12-26(13-11-25)27-14-16-28(17-15-27)35(54)47-30(20-50)37(56)45-23(3)40(59)49-18-7-9-31(49)38(57)48-33(24(4)51)39(58)44-22(2)34(53)46-29(19-32(42)52)36(55)43-21-41(60)61/h10-17,22-24,29-31,33,50-51,60-61H,5-9,18-21H2,1-4H3,(H2,42,52)(H,43,55)(H,44,58)(H,45,56)(H,46,53)(H,47,54)(H,48,57)/t22-,23+,24?,29-,30+,31-,33-/m0/s1. The number of hydrogen-bond acceptors (Lipinski definition) is 12. The Morgan fingerprint density at radius 2 is 1.39 bits per heavy atom. The van der Waals surface area contributed by atoms with Crippen LogP contribution in [-0.4, -0.2) is 141 Å². The van der Waals surface area contributed by atoms with Gasteiger partial charge in [0.15, 0.2) is 0 Å². The molecule has 332 valence electrons. The van der Waals surface area contributed by atoms with Gasteiger partial charge in [-0.05, 0) is 75.3 Å². The van der Waals surface area contributed by atoms with Gasteiger partial charge in [0.2, 0.25) is 41.4 Å². The molecule has 1 saturated heterocycles. The normalized spacial score (nSPS) is 16.4. The van der Waals surface area contributed by atoms with Crippen molar-refractivity contribution in [2.24, 2.45) is 5.73 Å². The molecule has 1 heterocycles. The Morgan fingerprint density at radius 3 is 1.95 bits per heavy atom. The molecule has 1 aliphatic rings. The Kier molecular flexibility index (Phi) is 19.3. The van der Waals surface area contributed by atoms with E-state index in [4.69, 9.17) is 15.8 Å². The molecule has 1 fully saturated rings. The first-order valence-electron chi connectivity index (χ1n) is 20.1. The summed E-state index contributed by atoms with van der Waals surface area (Å²) in [5, 5.41) is 52.4. The van der Waals surface area contributed by atoms with Crippen molar-refractivity contribution in [3.8, 4) is 11.1 Å². The van der Waals surface area contributed by atoms with Crippen molar-refractivity contribution in [3.63, 3.8) is 0 Å². The summed E-state index contributed by atoms with van der Waals surface area (Å²) < 4.78 is 0. The predicted molar refractivity (Wildman–Crippen MR) is 221 cm³/mol. The molecule has 61 heavy (non-hydrogen) atoms. The van der Waals surface area contributed by atoms with Crippen molar-refractivity contribution in [2.45, 2.75) is 109 Å². The third-order valence-corrected chi connectivity index (χ3v) is 9.94. The van der Waals surface area contributed by atoms with Crippen LogP contribution in [0.5, 0.6) is 0 Å². The molecule has 20 nitrogen and oxygen atoms in total. The average Bonchev–Trinajstić information content (AvgIpc) is 3.72. The minimum absolute atomic E-state index is 0.107. The molecule has 3 rings (SSSR count). The summed E-state index contributed by atoms with van der Waals surface area (Å²) in [5.41, 5.74) is 8.50. The van der Waals surface area contributed by atoms with E-state index < -0.39 is 116 Å². The molecule has 0 aromatic heterocycles. The third kappa shape index (κ3) is 15.0. The lowest BCUT2D eigenvalue weighted by atomic mass is 9.92. The Balaban J connectivity index is 1.57. The van der Waals surface area contributed by atoms with Crippen molar-refractivity contribution < 1.29 is 58.6 Å². The first kappa shape index (κ1) is 49.5. The SMILES string of the molecule is CCCCc1ccc(-c2ccc(C(=O)N[C@H](CO)C(=O)N[C@H](C)C(=O)N3CCC[C@H]3C(=O)N[C@H](C(=O)N[C@@H](C)C(=O)N[C@@H](CC(N)=O)C(=O)NCB(O)O)C(C)O)cc2)cc1. The van der Waals surface area contributed by atoms with E-state index in [2.05, 4.69) is 51.0 Å². The monoisotopic (exact) mass is 852 g/mol. The van der Waals surface area contributed by atoms with E-state index >= 15 is 0 Å². The molecule has 0 radical (unpaired) electrons. The number of nitrogens with one attached hydrogen (secondary N) is 6. The molecule has 1 unspecified atom stereocenters. The number of rotatable bonds is 22. The number of nitrogens with two attached hydrogens (primary N) is 1. The Morgan fingerprint density at radius 1 is 0.787 bits per heavy atom. The van der Waals surface area contributed by atoms with Gasteiger partial charge in [0.25, 0.3) is 5.91 Å². The van der Waals surface area contributed by atoms with Gasteiger partial charge in [-0.1, -0.05) is 49.7 Å². The second kappa shape index (κ2) is 23.8. The van der Waals surface area contributed by atoms with Crippen LogP contribution in [0.2, 0.25) is 0 Å². The fourth-order valence-electron chi connectivity index (χ4n) is 6.47. The zero-order valence-electron chi connectivity index (χ0n) is 34.7. The lowest BCUT2D eigenvalue weighted by Crippen LogP contribution is -2.61.